The van der Waals surface area contributed by atoms with Crippen LogP contribution in [0.3, 0.4) is 0 Å². The topological polar surface area (TPSA) is 110 Å². The molecular weight excluding hydrogens is 400 g/mol. The molecule has 2 aromatic rings. The summed E-state index contributed by atoms with van der Waals surface area (Å²) in [4.78, 5) is 36.0. The Morgan fingerprint density at radius 3 is 2.68 bits per heavy atom. The van der Waals surface area contributed by atoms with E-state index in [0.717, 1.165) is 38.5 Å². The van der Waals surface area contributed by atoms with Crippen molar-refractivity contribution in [3.8, 4) is 0 Å². The lowest BCUT2D eigenvalue weighted by Crippen LogP contribution is -2.24. The van der Waals surface area contributed by atoms with Gasteiger partial charge >= 0.3 is 11.9 Å². The molecule has 164 valence electrons. The second kappa shape index (κ2) is 10.7. The summed E-state index contributed by atoms with van der Waals surface area (Å²) in [5.41, 5.74) is 0.972. The molecule has 0 radical (unpaired) electrons. The predicted octanol–water partition coefficient (Wildman–Crippen LogP) is 3.33. The van der Waals surface area contributed by atoms with Gasteiger partial charge in [-0.2, -0.15) is 0 Å². The zero-order valence-electron chi connectivity index (χ0n) is 17.2. The SMILES string of the molecule is O=C(Cc1ccc([N+](=O)[O-])cc1C(=O)O)OCCCN1CCC(Cc2ccccc2)C1. The normalized spacial score (nSPS) is 16.2. The minimum atomic E-state index is -1.31. The van der Waals surface area contributed by atoms with E-state index in [4.69, 9.17) is 4.74 Å². The number of nitro groups is 1. The quantitative estimate of drug-likeness (QED) is 0.268. The number of benzene rings is 2. The average Bonchev–Trinajstić information content (AvgIpc) is 3.19. The first kappa shape index (κ1) is 22.4. The van der Waals surface area contributed by atoms with Crippen LogP contribution in [0.4, 0.5) is 5.69 Å². The molecule has 1 aliphatic rings. The number of nitro benzene ring substituents is 1. The minimum Gasteiger partial charge on any atom is -0.478 e. The van der Waals surface area contributed by atoms with E-state index in [2.05, 4.69) is 29.2 Å². The number of esters is 1. The number of likely N-dealkylation sites (tertiary alicyclic amines) is 1. The van der Waals surface area contributed by atoms with E-state index in [-0.39, 0.29) is 29.8 Å². The summed E-state index contributed by atoms with van der Waals surface area (Å²) in [6, 6.07) is 13.9. The van der Waals surface area contributed by atoms with Gasteiger partial charge in [0.05, 0.1) is 23.5 Å². The summed E-state index contributed by atoms with van der Waals surface area (Å²) in [6.45, 7) is 3.17. The molecule has 0 aliphatic carbocycles. The van der Waals surface area contributed by atoms with Crippen molar-refractivity contribution in [3.05, 3.63) is 75.3 Å². The number of nitrogens with zero attached hydrogens (tertiary/aromatic N) is 2. The van der Waals surface area contributed by atoms with Crippen LogP contribution in [0.5, 0.6) is 0 Å². The van der Waals surface area contributed by atoms with Gasteiger partial charge in [-0.25, -0.2) is 4.79 Å². The Morgan fingerprint density at radius 1 is 1.19 bits per heavy atom. The Labute approximate surface area is 180 Å². The molecule has 0 spiro atoms. The van der Waals surface area contributed by atoms with Crippen LogP contribution >= 0.6 is 0 Å². The van der Waals surface area contributed by atoms with Gasteiger partial charge in [-0.15, -0.1) is 0 Å². The van der Waals surface area contributed by atoms with Crippen LogP contribution in [-0.2, 0) is 22.4 Å². The molecule has 2 aromatic carbocycles. The summed E-state index contributed by atoms with van der Waals surface area (Å²) in [5, 5.41) is 20.1. The highest BCUT2D eigenvalue weighted by Crippen LogP contribution is 2.21. The van der Waals surface area contributed by atoms with Crippen molar-refractivity contribution in [1.82, 2.24) is 4.90 Å². The first-order valence-corrected chi connectivity index (χ1v) is 10.3. The van der Waals surface area contributed by atoms with Crippen molar-refractivity contribution in [2.75, 3.05) is 26.2 Å². The lowest BCUT2D eigenvalue weighted by molar-refractivity contribution is -0.384. The van der Waals surface area contributed by atoms with Crippen LogP contribution in [0.2, 0.25) is 0 Å². The molecule has 31 heavy (non-hydrogen) atoms. The molecule has 0 saturated carbocycles. The zero-order chi connectivity index (χ0) is 22.2. The molecule has 0 bridgehead atoms. The minimum absolute atomic E-state index is 0.200. The van der Waals surface area contributed by atoms with Crippen molar-refractivity contribution < 1.29 is 24.4 Å². The van der Waals surface area contributed by atoms with E-state index < -0.39 is 16.9 Å². The van der Waals surface area contributed by atoms with E-state index in [1.54, 1.807) is 0 Å². The molecule has 1 heterocycles. The first-order valence-electron chi connectivity index (χ1n) is 10.3. The third-order valence-electron chi connectivity index (χ3n) is 5.49. The molecule has 3 rings (SSSR count). The van der Waals surface area contributed by atoms with Crippen molar-refractivity contribution in [2.45, 2.75) is 25.7 Å². The highest BCUT2D eigenvalue weighted by Gasteiger charge is 2.22. The molecule has 0 amide bonds. The van der Waals surface area contributed by atoms with Crippen LogP contribution in [0.15, 0.2) is 48.5 Å². The number of ether oxygens (including phenoxy) is 1. The molecule has 8 nitrogen and oxygen atoms in total. The summed E-state index contributed by atoms with van der Waals surface area (Å²) < 4.78 is 5.25. The van der Waals surface area contributed by atoms with Gasteiger partial charge in [-0.05, 0) is 42.9 Å². The number of carbonyl (C=O) groups excluding carboxylic acids is 1. The van der Waals surface area contributed by atoms with Gasteiger partial charge in [0.2, 0.25) is 0 Å². The first-order chi connectivity index (χ1) is 14.9. The summed E-state index contributed by atoms with van der Waals surface area (Å²) in [7, 11) is 0. The summed E-state index contributed by atoms with van der Waals surface area (Å²) in [5.74, 6) is -1.22. The van der Waals surface area contributed by atoms with Crippen LogP contribution in [0.25, 0.3) is 0 Å². The zero-order valence-corrected chi connectivity index (χ0v) is 17.2. The van der Waals surface area contributed by atoms with Gasteiger partial charge in [0.15, 0.2) is 0 Å². The van der Waals surface area contributed by atoms with Gasteiger partial charge in [0.1, 0.15) is 0 Å². The molecule has 1 unspecified atom stereocenters. The van der Waals surface area contributed by atoms with E-state index in [1.807, 2.05) is 6.07 Å². The van der Waals surface area contributed by atoms with Crippen molar-refractivity contribution in [2.24, 2.45) is 5.92 Å². The maximum absolute atomic E-state index is 12.1. The standard InChI is InChI=1S/C23H26N2O6/c26-22(14-19-7-8-20(25(29)30)15-21(19)23(27)28)31-12-4-10-24-11-9-18(16-24)13-17-5-2-1-3-6-17/h1-3,5-8,15,18H,4,9-14,16H2,(H,27,28). The molecular formula is C23H26N2O6. The molecule has 1 aliphatic heterocycles. The number of rotatable bonds is 10. The Balaban J connectivity index is 1.39. The van der Waals surface area contributed by atoms with Crippen molar-refractivity contribution in [3.63, 3.8) is 0 Å². The van der Waals surface area contributed by atoms with E-state index in [9.17, 15) is 24.8 Å². The monoisotopic (exact) mass is 426 g/mol. The maximum atomic E-state index is 12.1. The second-order valence-corrected chi connectivity index (χ2v) is 7.80. The van der Waals surface area contributed by atoms with Gasteiger partial charge < -0.3 is 14.7 Å². The van der Waals surface area contributed by atoms with Crippen LogP contribution in [0.1, 0.15) is 34.3 Å². The fourth-order valence-electron chi connectivity index (χ4n) is 3.94. The van der Waals surface area contributed by atoms with E-state index >= 15 is 0 Å². The van der Waals surface area contributed by atoms with Gasteiger partial charge in [-0.3, -0.25) is 14.9 Å². The second-order valence-electron chi connectivity index (χ2n) is 7.80. The number of non-ortho nitro benzene ring substituents is 1. The number of carbonyl (C=O) groups is 2. The van der Waals surface area contributed by atoms with Crippen LogP contribution in [-0.4, -0.2) is 53.1 Å². The molecule has 1 saturated heterocycles. The maximum Gasteiger partial charge on any atom is 0.336 e. The number of carboxylic acids is 1. The third kappa shape index (κ3) is 6.62. The predicted molar refractivity (Wildman–Crippen MR) is 114 cm³/mol. The molecule has 8 heteroatoms. The third-order valence-corrected chi connectivity index (χ3v) is 5.49. The lowest BCUT2D eigenvalue weighted by Gasteiger charge is -2.16. The fourth-order valence-corrected chi connectivity index (χ4v) is 3.94. The van der Waals surface area contributed by atoms with Gasteiger partial charge in [0, 0.05) is 25.2 Å². The van der Waals surface area contributed by atoms with E-state index in [1.165, 1.54) is 17.7 Å². The van der Waals surface area contributed by atoms with Crippen LogP contribution < -0.4 is 0 Å². The lowest BCUT2D eigenvalue weighted by atomic mass is 9.99. The van der Waals surface area contributed by atoms with Crippen LogP contribution in [0, 0.1) is 16.0 Å². The highest BCUT2D eigenvalue weighted by molar-refractivity contribution is 5.91. The smallest absolute Gasteiger partial charge is 0.336 e. The van der Waals surface area contributed by atoms with Crippen molar-refractivity contribution in [1.29, 1.82) is 0 Å². The molecule has 1 fully saturated rings. The van der Waals surface area contributed by atoms with Crippen molar-refractivity contribution >= 4 is 17.6 Å². The Kier molecular flexibility index (Phi) is 7.72. The summed E-state index contributed by atoms with van der Waals surface area (Å²) in [6.07, 6.45) is 2.71. The molecule has 1 N–H and O–H groups in total. The fraction of sp³-hybridized carbons (Fsp3) is 0.391. The Hall–Kier alpha value is -3.26. The molecule has 1 atom stereocenters. The number of carboxylic acid groups (broad SMARTS) is 1. The highest BCUT2D eigenvalue weighted by atomic mass is 16.6. The average molecular weight is 426 g/mol. The van der Waals surface area contributed by atoms with Gasteiger partial charge in [0.25, 0.3) is 5.69 Å². The van der Waals surface area contributed by atoms with Gasteiger partial charge in [-0.1, -0.05) is 36.4 Å². The molecule has 0 aromatic heterocycles. The Morgan fingerprint density at radius 2 is 1.97 bits per heavy atom. The largest absolute Gasteiger partial charge is 0.478 e. The number of hydrogen-bond donors (Lipinski definition) is 1. The van der Waals surface area contributed by atoms with E-state index in [0.29, 0.717) is 12.3 Å². The Bertz CT molecular complexity index is 931. The summed E-state index contributed by atoms with van der Waals surface area (Å²) >= 11 is 0. The number of hydrogen-bond acceptors (Lipinski definition) is 6. The number of aromatic carboxylic acids is 1.